The summed E-state index contributed by atoms with van der Waals surface area (Å²) in [5, 5.41) is 7.65. The molecule has 0 saturated heterocycles. The zero-order valence-electron chi connectivity index (χ0n) is 15.2. The fourth-order valence-corrected chi connectivity index (χ4v) is 5.08. The second-order valence-corrected chi connectivity index (χ2v) is 8.80. The van der Waals surface area contributed by atoms with E-state index in [2.05, 4.69) is 14.9 Å². The summed E-state index contributed by atoms with van der Waals surface area (Å²) < 4.78 is 44.7. The maximum absolute atomic E-state index is 14.2. The van der Waals surface area contributed by atoms with Crippen molar-refractivity contribution in [1.82, 2.24) is 19.5 Å². The van der Waals surface area contributed by atoms with E-state index in [0.717, 1.165) is 30.9 Å². The molecule has 2 aromatic carbocycles. The molecule has 1 aliphatic rings. The highest BCUT2D eigenvalue weighted by Crippen LogP contribution is 2.30. The smallest absolute Gasteiger partial charge is 0.240 e. The minimum Gasteiger partial charge on any atom is -0.317 e. The molecule has 1 aromatic heterocycles. The van der Waals surface area contributed by atoms with Gasteiger partial charge in [-0.15, -0.1) is 10.2 Å². The monoisotopic (exact) mass is 400 g/mol. The van der Waals surface area contributed by atoms with E-state index in [4.69, 9.17) is 0 Å². The van der Waals surface area contributed by atoms with Gasteiger partial charge in [0, 0.05) is 12.1 Å². The van der Waals surface area contributed by atoms with Crippen molar-refractivity contribution in [2.45, 2.75) is 42.7 Å². The third-order valence-electron chi connectivity index (χ3n) is 5.12. The van der Waals surface area contributed by atoms with Crippen LogP contribution in [0.1, 0.15) is 31.7 Å². The van der Waals surface area contributed by atoms with Crippen LogP contribution in [0, 0.1) is 5.82 Å². The van der Waals surface area contributed by atoms with E-state index >= 15 is 0 Å². The van der Waals surface area contributed by atoms with Gasteiger partial charge in [0.15, 0.2) is 0 Å². The number of aromatic nitrogens is 3. The SMILES string of the molecule is O=S(=O)(NC1CCCC(n2cnnc2)C1)c1cc(F)cc(-c2ccccc2)c1. The maximum atomic E-state index is 14.2. The Labute approximate surface area is 163 Å². The van der Waals surface area contributed by atoms with Crippen LogP contribution in [0.5, 0.6) is 0 Å². The molecule has 8 heteroatoms. The summed E-state index contributed by atoms with van der Waals surface area (Å²) in [6.45, 7) is 0. The number of nitrogens with one attached hydrogen (secondary N) is 1. The zero-order chi connectivity index (χ0) is 19.6. The molecule has 1 aliphatic carbocycles. The average Bonchev–Trinajstić information content (AvgIpc) is 3.23. The van der Waals surface area contributed by atoms with Crippen molar-refractivity contribution in [1.29, 1.82) is 0 Å². The van der Waals surface area contributed by atoms with Crippen LogP contribution in [0.3, 0.4) is 0 Å². The summed E-state index contributed by atoms with van der Waals surface area (Å²) in [4.78, 5) is -0.0576. The Balaban J connectivity index is 1.56. The largest absolute Gasteiger partial charge is 0.317 e. The second-order valence-electron chi connectivity index (χ2n) is 7.09. The molecule has 0 spiro atoms. The number of benzene rings is 2. The molecular weight excluding hydrogens is 379 g/mol. The molecule has 1 heterocycles. The summed E-state index contributed by atoms with van der Waals surface area (Å²) >= 11 is 0. The molecule has 4 rings (SSSR count). The minimum absolute atomic E-state index is 0.0576. The van der Waals surface area contributed by atoms with Gasteiger partial charge >= 0.3 is 0 Å². The van der Waals surface area contributed by atoms with E-state index in [9.17, 15) is 12.8 Å². The van der Waals surface area contributed by atoms with E-state index in [0.29, 0.717) is 12.0 Å². The maximum Gasteiger partial charge on any atom is 0.240 e. The van der Waals surface area contributed by atoms with Crippen LogP contribution in [0.25, 0.3) is 11.1 Å². The van der Waals surface area contributed by atoms with Crippen LogP contribution in [0.15, 0.2) is 66.1 Å². The minimum atomic E-state index is -3.84. The van der Waals surface area contributed by atoms with Gasteiger partial charge in [0.05, 0.1) is 4.90 Å². The van der Waals surface area contributed by atoms with Crippen LogP contribution in [0.2, 0.25) is 0 Å². The Hall–Kier alpha value is -2.58. The molecule has 0 bridgehead atoms. The lowest BCUT2D eigenvalue weighted by Crippen LogP contribution is -2.38. The molecule has 0 aliphatic heterocycles. The highest BCUT2D eigenvalue weighted by atomic mass is 32.2. The van der Waals surface area contributed by atoms with Gasteiger partial charge in [0.1, 0.15) is 18.5 Å². The van der Waals surface area contributed by atoms with Gasteiger partial charge in [-0.3, -0.25) is 0 Å². The second kappa shape index (κ2) is 7.81. The van der Waals surface area contributed by atoms with Crippen molar-refractivity contribution in [3.05, 3.63) is 67.0 Å². The number of rotatable bonds is 5. The van der Waals surface area contributed by atoms with Crippen LogP contribution in [-0.2, 0) is 10.0 Å². The van der Waals surface area contributed by atoms with Gasteiger partial charge in [-0.25, -0.2) is 17.5 Å². The third-order valence-corrected chi connectivity index (χ3v) is 6.62. The normalized spacial score (nSPS) is 20.2. The summed E-state index contributed by atoms with van der Waals surface area (Å²) in [6.07, 6.45) is 6.56. The Bertz CT molecular complexity index is 1040. The first-order valence-corrected chi connectivity index (χ1v) is 10.7. The molecule has 0 radical (unpaired) electrons. The molecule has 3 aromatic rings. The van der Waals surface area contributed by atoms with Crippen LogP contribution in [0.4, 0.5) is 4.39 Å². The summed E-state index contributed by atoms with van der Waals surface area (Å²) in [6, 6.07) is 13.0. The lowest BCUT2D eigenvalue weighted by molar-refractivity contribution is 0.305. The number of hydrogen-bond acceptors (Lipinski definition) is 4. The van der Waals surface area contributed by atoms with E-state index in [1.165, 1.54) is 12.1 Å². The predicted molar refractivity (Wildman–Crippen MR) is 103 cm³/mol. The highest BCUT2D eigenvalue weighted by molar-refractivity contribution is 7.89. The van der Waals surface area contributed by atoms with Crippen molar-refractivity contribution < 1.29 is 12.8 Å². The summed E-state index contributed by atoms with van der Waals surface area (Å²) in [7, 11) is -3.84. The molecule has 28 heavy (non-hydrogen) atoms. The van der Waals surface area contributed by atoms with Crippen molar-refractivity contribution in [3.8, 4) is 11.1 Å². The first kappa shape index (κ1) is 18.8. The van der Waals surface area contributed by atoms with Gasteiger partial charge in [-0.05, 0) is 55.0 Å². The Morgan fingerprint density at radius 1 is 1.00 bits per heavy atom. The van der Waals surface area contributed by atoms with Crippen molar-refractivity contribution in [2.24, 2.45) is 0 Å². The van der Waals surface area contributed by atoms with Crippen LogP contribution < -0.4 is 4.72 Å². The number of halogens is 1. The fourth-order valence-electron chi connectivity index (χ4n) is 3.74. The number of nitrogens with zero attached hydrogens (tertiary/aromatic N) is 3. The lowest BCUT2D eigenvalue weighted by Gasteiger charge is -2.30. The summed E-state index contributed by atoms with van der Waals surface area (Å²) in [5.74, 6) is -0.576. The van der Waals surface area contributed by atoms with Crippen molar-refractivity contribution in [3.63, 3.8) is 0 Å². The van der Waals surface area contributed by atoms with E-state index in [-0.39, 0.29) is 17.0 Å². The molecule has 6 nitrogen and oxygen atoms in total. The number of hydrogen-bond donors (Lipinski definition) is 1. The third kappa shape index (κ3) is 4.13. The van der Waals surface area contributed by atoms with Crippen molar-refractivity contribution in [2.75, 3.05) is 0 Å². The lowest BCUT2D eigenvalue weighted by atomic mass is 9.91. The van der Waals surface area contributed by atoms with E-state index in [1.54, 1.807) is 12.7 Å². The van der Waals surface area contributed by atoms with Gasteiger partial charge in [-0.2, -0.15) is 0 Å². The Morgan fingerprint density at radius 2 is 1.75 bits per heavy atom. The number of sulfonamides is 1. The van der Waals surface area contributed by atoms with E-state index < -0.39 is 15.8 Å². The Kier molecular flexibility index (Phi) is 5.23. The molecule has 1 saturated carbocycles. The zero-order valence-corrected chi connectivity index (χ0v) is 16.0. The first-order valence-electron chi connectivity index (χ1n) is 9.24. The van der Waals surface area contributed by atoms with Crippen LogP contribution >= 0.6 is 0 Å². The molecule has 1 fully saturated rings. The topological polar surface area (TPSA) is 76.9 Å². The molecule has 0 amide bonds. The quantitative estimate of drug-likeness (QED) is 0.711. The van der Waals surface area contributed by atoms with E-state index in [1.807, 2.05) is 34.9 Å². The summed E-state index contributed by atoms with van der Waals surface area (Å²) in [5.41, 5.74) is 1.30. The highest BCUT2D eigenvalue weighted by Gasteiger charge is 2.28. The molecule has 2 unspecified atom stereocenters. The van der Waals surface area contributed by atoms with Gasteiger partial charge in [-0.1, -0.05) is 30.3 Å². The molecular formula is C20H21FN4O2S. The molecule has 2 atom stereocenters. The standard InChI is InChI=1S/C20H21FN4O2S/c21-17-9-16(15-5-2-1-3-6-15)10-20(11-17)28(26,27)24-18-7-4-8-19(12-18)25-13-22-23-14-25/h1-3,5-6,9-11,13-14,18-19,24H,4,7-8,12H2. The first-order chi connectivity index (χ1) is 13.5. The van der Waals surface area contributed by atoms with Gasteiger partial charge in [0.2, 0.25) is 10.0 Å². The predicted octanol–water partition coefficient (Wildman–Crippen LogP) is 3.55. The van der Waals surface area contributed by atoms with Gasteiger partial charge in [0.25, 0.3) is 0 Å². The fraction of sp³-hybridized carbons (Fsp3) is 0.300. The van der Waals surface area contributed by atoms with Crippen molar-refractivity contribution >= 4 is 10.0 Å². The average molecular weight is 400 g/mol. The Morgan fingerprint density at radius 3 is 2.50 bits per heavy atom. The molecule has 146 valence electrons. The van der Waals surface area contributed by atoms with Crippen LogP contribution in [-0.4, -0.2) is 29.2 Å². The van der Waals surface area contributed by atoms with Gasteiger partial charge < -0.3 is 4.57 Å². The molecule has 1 N–H and O–H groups in total.